The number of phenolic OH excluding ortho intramolecular Hbond substituents is 1. The molecule has 0 aliphatic heterocycles. The molecule has 39 heavy (non-hydrogen) atoms. The summed E-state index contributed by atoms with van der Waals surface area (Å²) >= 11 is 0.476. The first-order chi connectivity index (χ1) is 17.7. The topological polar surface area (TPSA) is 165 Å². The van der Waals surface area contributed by atoms with Crippen molar-refractivity contribution in [3.05, 3.63) is 78.4 Å². The van der Waals surface area contributed by atoms with Crippen LogP contribution in [0.5, 0.6) is 11.5 Å². The Labute approximate surface area is 272 Å². The van der Waals surface area contributed by atoms with Crippen molar-refractivity contribution in [3.63, 3.8) is 0 Å². The van der Waals surface area contributed by atoms with Crippen LogP contribution >= 0.6 is 12.0 Å². The van der Waals surface area contributed by atoms with E-state index in [9.17, 15) is 23.3 Å². The molecule has 0 bridgehead atoms. The molecule has 4 aromatic carbocycles. The second-order valence-corrected chi connectivity index (χ2v) is 9.64. The summed E-state index contributed by atoms with van der Waals surface area (Å²) in [7, 11) is -4.84. The predicted octanol–water partition coefficient (Wildman–Crippen LogP) is -0.849. The first-order valence-electron chi connectivity index (χ1n) is 10.4. The van der Waals surface area contributed by atoms with Gasteiger partial charge in [0, 0.05) is 10.3 Å². The van der Waals surface area contributed by atoms with Gasteiger partial charge >= 0.3 is 59.1 Å². The predicted molar refractivity (Wildman–Crippen MR) is 132 cm³/mol. The molecule has 0 aliphatic carbocycles. The van der Waals surface area contributed by atoms with Crippen LogP contribution in [-0.4, -0.2) is 24.5 Å². The quantitative estimate of drug-likeness (QED) is 0.0385. The fourth-order valence-corrected chi connectivity index (χ4v) is 4.52. The molecule has 0 saturated carbocycles. The van der Waals surface area contributed by atoms with Gasteiger partial charge in [0.25, 0.3) is 0 Å². The molecule has 15 heteroatoms. The molecule has 0 unspecified atom stereocenters. The smallest absolute Gasteiger partial charge is 0.744 e. The Morgan fingerprint density at radius 2 is 1.64 bits per heavy atom. The van der Waals surface area contributed by atoms with Crippen LogP contribution in [-0.2, 0) is 19.5 Å². The monoisotopic (exact) mass is 585 g/mol. The summed E-state index contributed by atoms with van der Waals surface area (Å²) in [6.07, 6.45) is 1.17. The number of benzene rings is 4. The molecule has 0 spiro atoms. The number of nitrogens with zero attached hydrogens (tertiary/aromatic N) is 3. The Morgan fingerprint density at radius 3 is 2.31 bits per heavy atom. The Kier molecular flexibility index (Phi) is 13.0. The maximum atomic E-state index is 11.8. The fraction of sp³-hybridized carbons (Fsp3) is 0.0417. The Hall–Kier alpha value is -1.85. The minimum absolute atomic E-state index is 0. The molecule has 1 N–H and O–H groups in total. The van der Waals surface area contributed by atoms with Gasteiger partial charge in [-0.2, -0.15) is 14.6 Å². The molecular formula is C24H17N3Na2O8S2. The molecule has 0 atom stereocenters. The molecule has 4 aromatic rings. The minimum atomic E-state index is -4.84. The molecule has 190 valence electrons. The number of aromatic hydroxyl groups is 1. The zero-order valence-electron chi connectivity index (χ0n) is 21.0. The maximum absolute atomic E-state index is 11.8. The molecule has 0 saturated heterocycles. The Bertz CT molecular complexity index is 1600. The number of aliphatic imine (C=N–C) groups is 1. The van der Waals surface area contributed by atoms with E-state index in [1.807, 2.05) is 6.92 Å². The van der Waals surface area contributed by atoms with Crippen LogP contribution in [0.4, 0.5) is 17.1 Å². The average Bonchev–Trinajstić information content (AvgIpc) is 2.86. The molecule has 0 aliphatic rings. The van der Waals surface area contributed by atoms with Gasteiger partial charge in [-0.1, -0.05) is 6.07 Å². The van der Waals surface area contributed by atoms with Gasteiger partial charge in [0.05, 0.1) is 34.0 Å². The minimum Gasteiger partial charge on any atom is -0.744 e. The van der Waals surface area contributed by atoms with Gasteiger partial charge in [-0.3, -0.25) is 5.04 Å². The number of rotatable bonds is 9. The number of hydrogen-bond donors (Lipinski definition) is 1. The van der Waals surface area contributed by atoms with Crippen LogP contribution in [0.2, 0.25) is 0 Å². The summed E-state index contributed by atoms with van der Waals surface area (Å²) in [5.41, 5.74) is 2.35. The van der Waals surface area contributed by atoms with Crippen molar-refractivity contribution in [2.24, 2.45) is 15.2 Å². The maximum Gasteiger partial charge on any atom is 1.00 e. The molecule has 0 aromatic heterocycles. The number of azo groups is 1. The first kappa shape index (κ1) is 33.4. The summed E-state index contributed by atoms with van der Waals surface area (Å²) in [6, 6.07) is 18.7. The van der Waals surface area contributed by atoms with Crippen molar-refractivity contribution >= 4 is 56.4 Å². The molecule has 11 nitrogen and oxygen atoms in total. The zero-order valence-corrected chi connectivity index (χ0v) is 26.6. The average molecular weight is 586 g/mol. The largest absolute Gasteiger partial charge is 1.00 e. The molecular weight excluding hydrogens is 568 g/mol. The van der Waals surface area contributed by atoms with Crippen LogP contribution in [0.1, 0.15) is 5.56 Å². The normalized spacial score (nSPS) is 11.5. The summed E-state index contributed by atoms with van der Waals surface area (Å²) in [5, 5.41) is 31.7. The van der Waals surface area contributed by atoms with Gasteiger partial charge in [-0.05, 0) is 84.6 Å². The van der Waals surface area contributed by atoms with E-state index in [1.54, 1.807) is 48.5 Å². The van der Waals surface area contributed by atoms with Gasteiger partial charge in [0.15, 0.2) is 6.40 Å². The van der Waals surface area contributed by atoms with Gasteiger partial charge in [-0.25, -0.2) is 13.4 Å². The van der Waals surface area contributed by atoms with Gasteiger partial charge in [-0.15, -0.1) is 0 Å². The van der Waals surface area contributed by atoms with Crippen LogP contribution in [0, 0.1) is 6.92 Å². The van der Waals surface area contributed by atoms with Crippen LogP contribution < -0.4 is 69.1 Å². The molecule has 4 rings (SSSR count). The van der Waals surface area contributed by atoms with Crippen molar-refractivity contribution in [1.29, 1.82) is 0 Å². The van der Waals surface area contributed by atoms with E-state index in [4.69, 9.17) is 4.74 Å². The summed E-state index contributed by atoms with van der Waals surface area (Å²) in [6.45, 7) is 1.82. The van der Waals surface area contributed by atoms with Crippen molar-refractivity contribution in [2.75, 3.05) is 0 Å². The van der Waals surface area contributed by atoms with E-state index < -0.39 is 15.0 Å². The first-order valence-corrected chi connectivity index (χ1v) is 12.6. The number of aryl methyl sites for hydroxylation is 1. The van der Waals surface area contributed by atoms with Gasteiger partial charge < -0.3 is 19.7 Å². The van der Waals surface area contributed by atoms with E-state index in [1.165, 1.54) is 24.6 Å². The molecule has 0 amide bonds. The SMILES string of the molecule is Cc1cc(O)ccc1N=Nc1ccc(OC=Nc2ccc3cc(SOO[O-])cc(S(=O)(=O)[O-])c3c2)cc1.[Na+].[Na+]. The van der Waals surface area contributed by atoms with Crippen LogP contribution in [0.15, 0.2) is 97.8 Å². The van der Waals surface area contributed by atoms with E-state index in [0.29, 0.717) is 40.2 Å². The van der Waals surface area contributed by atoms with Gasteiger partial charge in [0.1, 0.15) is 21.6 Å². The summed E-state index contributed by atoms with van der Waals surface area (Å²) in [4.78, 5) is 3.86. The van der Waals surface area contributed by atoms with Crippen molar-refractivity contribution < 1.29 is 96.6 Å². The zero-order chi connectivity index (χ0) is 26.4. The Balaban J connectivity index is 0.00000267. The van der Waals surface area contributed by atoms with E-state index in [0.717, 1.165) is 11.6 Å². The number of fused-ring (bicyclic) bond motifs is 1. The van der Waals surface area contributed by atoms with Crippen molar-refractivity contribution in [2.45, 2.75) is 16.7 Å². The fourth-order valence-electron chi connectivity index (χ4n) is 3.28. The second kappa shape index (κ2) is 15.2. The van der Waals surface area contributed by atoms with E-state index >= 15 is 0 Å². The molecule has 0 radical (unpaired) electrons. The van der Waals surface area contributed by atoms with Crippen LogP contribution in [0.3, 0.4) is 0 Å². The molecule has 0 heterocycles. The summed E-state index contributed by atoms with van der Waals surface area (Å²) < 4.78 is 45.1. The molecule has 0 fully saturated rings. The summed E-state index contributed by atoms with van der Waals surface area (Å²) in [5.74, 6) is 0.625. The number of phenols is 1. The van der Waals surface area contributed by atoms with Crippen molar-refractivity contribution in [3.8, 4) is 11.5 Å². The standard InChI is InChI=1S/C24H19N3O8S2.2Na/c1-15-10-19(28)6-9-23(15)27-26-17-4-7-20(8-5-17)33-14-25-18-3-2-16-11-21(36-35-34-29)13-24(22(16)12-18)37(30,31)32;;/h2-14,28-29H,1H3,(H,30,31,32);;/q;2*+1/p-2. The van der Waals surface area contributed by atoms with Crippen molar-refractivity contribution in [1.82, 2.24) is 0 Å². The van der Waals surface area contributed by atoms with Crippen LogP contribution in [0.25, 0.3) is 10.8 Å². The second-order valence-electron chi connectivity index (χ2n) is 7.52. The third-order valence-corrected chi connectivity index (χ3v) is 6.41. The third-order valence-electron chi connectivity index (χ3n) is 4.98. The third kappa shape index (κ3) is 9.35. The number of ether oxygens (including phenoxy) is 1. The van der Waals surface area contributed by atoms with E-state index in [2.05, 4.69) is 24.6 Å². The van der Waals surface area contributed by atoms with E-state index in [-0.39, 0.29) is 75.1 Å². The van der Waals surface area contributed by atoms with Gasteiger partial charge in [0.2, 0.25) is 0 Å². The Morgan fingerprint density at radius 1 is 0.923 bits per heavy atom. The number of hydrogen-bond acceptors (Lipinski definition) is 12.